The van der Waals surface area contributed by atoms with Gasteiger partial charge >= 0.3 is 0 Å². The van der Waals surface area contributed by atoms with Crippen molar-refractivity contribution in [1.29, 1.82) is 0 Å². The minimum atomic E-state index is 0.0286. The van der Waals surface area contributed by atoms with Crippen LogP contribution in [0, 0.1) is 0 Å². The number of para-hydroxylation sites is 1. The molecule has 0 aromatic heterocycles. The molecular weight excluding hydrogens is 230 g/mol. The lowest BCUT2D eigenvalue weighted by atomic mass is 10.1. The van der Waals surface area contributed by atoms with Crippen LogP contribution < -0.4 is 10.3 Å². The topological polar surface area (TPSA) is 52.7 Å². The lowest BCUT2D eigenvalue weighted by molar-refractivity contribution is -0.126. The second-order valence-corrected chi connectivity index (χ2v) is 4.26. The molecule has 18 heavy (non-hydrogen) atoms. The van der Waals surface area contributed by atoms with Crippen LogP contribution in [0.25, 0.3) is 0 Å². The van der Waals surface area contributed by atoms with Crippen LogP contribution in [0.15, 0.2) is 24.3 Å². The summed E-state index contributed by atoms with van der Waals surface area (Å²) in [6, 6.07) is 7.38. The average Bonchev–Trinajstić information content (AvgIpc) is 2.70. The average molecular weight is 247 g/mol. The quantitative estimate of drug-likeness (QED) is 0.795. The maximum absolute atomic E-state index is 12.0. The summed E-state index contributed by atoms with van der Waals surface area (Å²) in [5.41, 5.74) is 1.44. The molecule has 1 aromatic carbocycles. The van der Waals surface area contributed by atoms with E-state index in [4.69, 9.17) is 0 Å². The molecule has 1 N–H and O–H groups in total. The molecule has 0 bridgehead atoms. The van der Waals surface area contributed by atoms with Crippen molar-refractivity contribution < 1.29 is 9.59 Å². The summed E-state index contributed by atoms with van der Waals surface area (Å²) in [6.07, 6.45) is 0.491. The van der Waals surface area contributed by atoms with Crippen LogP contribution in [0.4, 0.5) is 5.69 Å². The van der Waals surface area contributed by atoms with E-state index < -0.39 is 0 Å². The first-order valence-electron chi connectivity index (χ1n) is 5.96. The number of hydrogen-bond acceptors (Lipinski definition) is 4. The van der Waals surface area contributed by atoms with E-state index in [0.717, 1.165) is 5.69 Å². The van der Waals surface area contributed by atoms with E-state index >= 15 is 0 Å². The van der Waals surface area contributed by atoms with Crippen molar-refractivity contribution in [2.24, 2.45) is 0 Å². The predicted molar refractivity (Wildman–Crippen MR) is 69.4 cm³/mol. The van der Waals surface area contributed by atoms with Crippen LogP contribution in [0.2, 0.25) is 0 Å². The third kappa shape index (κ3) is 2.22. The van der Waals surface area contributed by atoms with Gasteiger partial charge in [0.25, 0.3) is 0 Å². The molecule has 5 heteroatoms. The van der Waals surface area contributed by atoms with Crippen LogP contribution in [0.5, 0.6) is 0 Å². The maximum atomic E-state index is 12.0. The van der Waals surface area contributed by atoms with E-state index in [9.17, 15) is 9.59 Å². The Hall–Kier alpha value is -1.88. The van der Waals surface area contributed by atoms with E-state index in [1.54, 1.807) is 25.2 Å². The van der Waals surface area contributed by atoms with Gasteiger partial charge in [0.1, 0.15) is 0 Å². The predicted octanol–water partition coefficient (Wildman–Crippen LogP) is 0.672. The summed E-state index contributed by atoms with van der Waals surface area (Å²) in [7, 11) is 3.47. The molecule has 5 nitrogen and oxygen atoms in total. The Morgan fingerprint density at radius 1 is 1.39 bits per heavy atom. The number of likely N-dealkylation sites (N-methyl/N-ethyl adjacent to an activating group) is 1. The van der Waals surface area contributed by atoms with Crippen LogP contribution in [-0.2, 0) is 4.79 Å². The van der Waals surface area contributed by atoms with Crippen molar-refractivity contribution in [2.75, 3.05) is 32.2 Å². The zero-order valence-corrected chi connectivity index (χ0v) is 10.6. The first-order chi connectivity index (χ1) is 8.65. The van der Waals surface area contributed by atoms with Crippen LogP contribution in [-0.4, -0.2) is 43.9 Å². The van der Waals surface area contributed by atoms with Gasteiger partial charge in [-0.05, 0) is 19.2 Å². The second kappa shape index (κ2) is 5.18. The Morgan fingerprint density at radius 3 is 2.72 bits per heavy atom. The molecule has 0 spiro atoms. The molecule has 1 heterocycles. The van der Waals surface area contributed by atoms with Crippen molar-refractivity contribution in [2.45, 2.75) is 6.42 Å². The third-order valence-corrected chi connectivity index (χ3v) is 3.08. The lowest BCUT2D eigenvalue weighted by Crippen LogP contribution is -2.36. The fourth-order valence-electron chi connectivity index (χ4n) is 2.12. The Kier molecular flexibility index (Phi) is 3.62. The first kappa shape index (κ1) is 12.6. The second-order valence-electron chi connectivity index (χ2n) is 4.26. The summed E-state index contributed by atoms with van der Waals surface area (Å²) < 4.78 is 0. The van der Waals surface area contributed by atoms with E-state index in [1.807, 2.05) is 23.2 Å². The molecule has 0 saturated carbocycles. The van der Waals surface area contributed by atoms with Gasteiger partial charge in [0, 0.05) is 25.6 Å². The van der Waals surface area contributed by atoms with Gasteiger partial charge in [0.05, 0.1) is 12.2 Å². The zero-order chi connectivity index (χ0) is 13.1. The summed E-state index contributed by atoms with van der Waals surface area (Å²) in [4.78, 5) is 23.6. The highest BCUT2D eigenvalue weighted by Gasteiger charge is 2.28. The van der Waals surface area contributed by atoms with Gasteiger partial charge in [0.15, 0.2) is 5.78 Å². The number of ketones is 1. The standard InChI is InChI=1S/C13H17N3O2/c1-14-9-12(17)10-5-3-4-6-11(10)16-8-7-13(18)15(16)2/h3-6,14H,7-9H2,1-2H3. The van der Waals surface area contributed by atoms with Gasteiger partial charge < -0.3 is 5.32 Å². The normalized spacial score (nSPS) is 15.3. The molecule has 1 saturated heterocycles. The molecule has 1 aliphatic heterocycles. The van der Waals surface area contributed by atoms with Crippen molar-refractivity contribution >= 4 is 17.4 Å². The molecule has 1 amide bonds. The Morgan fingerprint density at radius 2 is 2.11 bits per heavy atom. The number of carbonyl (C=O) groups is 2. The van der Waals surface area contributed by atoms with Crippen LogP contribution >= 0.6 is 0 Å². The summed E-state index contributed by atoms with van der Waals surface area (Å²) in [5, 5.41) is 6.28. The minimum absolute atomic E-state index is 0.0286. The van der Waals surface area contributed by atoms with Gasteiger partial charge in [-0.1, -0.05) is 12.1 Å². The van der Waals surface area contributed by atoms with Gasteiger partial charge in [0.2, 0.25) is 5.91 Å². The molecule has 1 aliphatic rings. The molecule has 2 rings (SSSR count). The number of carbonyl (C=O) groups excluding carboxylic acids is 2. The van der Waals surface area contributed by atoms with Crippen LogP contribution in [0.1, 0.15) is 16.8 Å². The Balaban J connectivity index is 2.33. The monoisotopic (exact) mass is 247 g/mol. The molecular formula is C13H17N3O2. The fourth-order valence-corrected chi connectivity index (χ4v) is 2.12. The number of rotatable bonds is 4. The van der Waals surface area contributed by atoms with Gasteiger partial charge in [-0.2, -0.15) is 0 Å². The van der Waals surface area contributed by atoms with E-state index in [2.05, 4.69) is 5.32 Å². The van der Waals surface area contributed by atoms with E-state index in [-0.39, 0.29) is 11.7 Å². The van der Waals surface area contributed by atoms with Crippen molar-refractivity contribution in [3.63, 3.8) is 0 Å². The summed E-state index contributed by atoms with van der Waals surface area (Å²) in [5.74, 6) is 0.103. The summed E-state index contributed by atoms with van der Waals surface area (Å²) in [6.45, 7) is 0.918. The van der Waals surface area contributed by atoms with E-state index in [1.165, 1.54) is 0 Å². The van der Waals surface area contributed by atoms with Crippen molar-refractivity contribution in [3.05, 3.63) is 29.8 Å². The van der Waals surface area contributed by atoms with Crippen molar-refractivity contribution in [3.8, 4) is 0 Å². The maximum Gasteiger partial charge on any atom is 0.242 e. The number of amides is 1. The number of benzene rings is 1. The van der Waals surface area contributed by atoms with E-state index in [0.29, 0.717) is 25.1 Å². The zero-order valence-electron chi connectivity index (χ0n) is 10.6. The number of hydrazine groups is 1. The smallest absolute Gasteiger partial charge is 0.242 e. The third-order valence-electron chi connectivity index (χ3n) is 3.08. The number of nitrogens with one attached hydrogen (secondary N) is 1. The number of nitrogens with zero attached hydrogens (tertiary/aromatic N) is 2. The minimum Gasteiger partial charge on any atom is -0.313 e. The molecule has 0 radical (unpaired) electrons. The van der Waals surface area contributed by atoms with Gasteiger partial charge in [-0.25, -0.2) is 0 Å². The van der Waals surface area contributed by atoms with Crippen molar-refractivity contribution in [1.82, 2.24) is 10.3 Å². The highest BCUT2D eigenvalue weighted by atomic mass is 16.2. The van der Waals surface area contributed by atoms with Crippen LogP contribution in [0.3, 0.4) is 0 Å². The molecule has 0 aliphatic carbocycles. The number of Topliss-reactive ketones (excluding diaryl/α,β-unsaturated/α-hetero) is 1. The number of anilines is 1. The number of hydrogen-bond donors (Lipinski definition) is 1. The first-order valence-corrected chi connectivity index (χ1v) is 5.96. The SMILES string of the molecule is CNCC(=O)c1ccccc1N1CCC(=O)N1C. The Bertz CT molecular complexity index is 473. The molecule has 1 fully saturated rings. The fraction of sp³-hybridized carbons (Fsp3) is 0.385. The van der Waals surface area contributed by atoms with Gasteiger partial charge in [-0.3, -0.25) is 19.6 Å². The highest BCUT2D eigenvalue weighted by molar-refractivity contribution is 6.03. The lowest BCUT2D eigenvalue weighted by Gasteiger charge is -2.27. The molecule has 1 aromatic rings. The highest BCUT2D eigenvalue weighted by Crippen LogP contribution is 2.25. The largest absolute Gasteiger partial charge is 0.313 e. The molecule has 0 unspecified atom stereocenters. The Labute approximate surface area is 106 Å². The molecule has 96 valence electrons. The summed E-state index contributed by atoms with van der Waals surface area (Å²) >= 11 is 0. The molecule has 0 atom stereocenters. The van der Waals surface area contributed by atoms with Gasteiger partial charge in [-0.15, -0.1) is 0 Å².